The zero-order chi connectivity index (χ0) is 9.61. The quantitative estimate of drug-likeness (QED) is 0.651. The molecule has 1 nitrogen and oxygen atoms in total. The highest BCUT2D eigenvalue weighted by molar-refractivity contribution is 4.70. The molecule has 12 heavy (non-hydrogen) atoms. The molecule has 0 bridgehead atoms. The fourth-order valence-corrected chi connectivity index (χ4v) is 1.65. The highest BCUT2D eigenvalue weighted by Gasteiger charge is 2.18. The predicted molar refractivity (Wildman–Crippen MR) is 54.2 cm³/mol. The van der Waals surface area contributed by atoms with E-state index in [9.17, 15) is 5.11 Å². The second-order valence-corrected chi connectivity index (χ2v) is 4.43. The first-order valence-corrected chi connectivity index (χ1v) is 5.22. The van der Waals surface area contributed by atoms with Gasteiger partial charge in [0.25, 0.3) is 0 Å². The number of rotatable bonds is 6. The third-order valence-electron chi connectivity index (χ3n) is 2.33. The Morgan fingerprint density at radius 2 is 1.83 bits per heavy atom. The first-order valence-electron chi connectivity index (χ1n) is 5.22. The lowest BCUT2D eigenvalue weighted by Gasteiger charge is -2.23. The van der Waals surface area contributed by atoms with Crippen LogP contribution in [0, 0.1) is 5.92 Å². The van der Waals surface area contributed by atoms with Gasteiger partial charge in [-0.05, 0) is 26.2 Å². The van der Waals surface area contributed by atoms with Crippen molar-refractivity contribution in [3.05, 3.63) is 0 Å². The van der Waals surface area contributed by atoms with E-state index in [4.69, 9.17) is 0 Å². The van der Waals surface area contributed by atoms with E-state index in [0.29, 0.717) is 5.92 Å². The number of aliphatic hydroxyl groups is 1. The molecule has 0 rings (SSSR count). The van der Waals surface area contributed by atoms with Crippen molar-refractivity contribution in [1.29, 1.82) is 0 Å². The topological polar surface area (TPSA) is 20.2 Å². The van der Waals surface area contributed by atoms with Crippen LogP contribution in [0.15, 0.2) is 0 Å². The summed E-state index contributed by atoms with van der Waals surface area (Å²) < 4.78 is 0. The van der Waals surface area contributed by atoms with Crippen molar-refractivity contribution in [1.82, 2.24) is 0 Å². The average molecular weight is 172 g/mol. The van der Waals surface area contributed by atoms with Gasteiger partial charge >= 0.3 is 0 Å². The lowest BCUT2D eigenvalue weighted by Crippen LogP contribution is -2.22. The summed E-state index contributed by atoms with van der Waals surface area (Å²) in [6.07, 6.45) is 5.99. The van der Waals surface area contributed by atoms with Crippen LogP contribution in [0.3, 0.4) is 0 Å². The molecule has 0 amide bonds. The fourth-order valence-electron chi connectivity index (χ4n) is 1.65. The molecule has 1 atom stereocenters. The Hall–Kier alpha value is -0.0400. The maximum atomic E-state index is 9.62. The molecule has 0 spiro atoms. The van der Waals surface area contributed by atoms with E-state index in [1.807, 2.05) is 13.8 Å². The van der Waals surface area contributed by atoms with Crippen molar-refractivity contribution in [2.75, 3.05) is 0 Å². The molecule has 0 aromatic rings. The maximum Gasteiger partial charge on any atom is 0.0594 e. The molecule has 0 aliphatic heterocycles. The predicted octanol–water partition coefficient (Wildman–Crippen LogP) is 3.36. The Bertz CT molecular complexity index is 102. The minimum Gasteiger partial charge on any atom is -0.390 e. The zero-order valence-corrected chi connectivity index (χ0v) is 9.06. The van der Waals surface area contributed by atoms with Gasteiger partial charge in [0.15, 0.2) is 0 Å². The van der Waals surface area contributed by atoms with Crippen LogP contribution in [0.2, 0.25) is 0 Å². The largest absolute Gasteiger partial charge is 0.390 e. The molecule has 0 aromatic carbocycles. The van der Waals surface area contributed by atoms with Crippen LogP contribution >= 0.6 is 0 Å². The number of unbranched alkanes of at least 4 members (excludes halogenated alkanes) is 1. The number of hydrogen-bond donors (Lipinski definition) is 1. The highest BCUT2D eigenvalue weighted by atomic mass is 16.3. The van der Waals surface area contributed by atoms with Gasteiger partial charge in [-0.1, -0.05) is 39.5 Å². The molecule has 0 radical (unpaired) electrons. The van der Waals surface area contributed by atoms with Gasteiger partial charge in [0, 0.05) is 0 Å². The molecule has 0 aliphatic rings. The monoisotopic (exact) mass is 172 g/mol. The zero-order valence-electron chi connectivity index (χ0n) is 9.06. The van der Waals surface area contributed by atoms with Crippen molar-refractivity contribution in [2.24, 2.45) is 5.92 Å². The second kappa shape index (κ2) is 5.58. The first-order chi connectivity index (χ1) is 5.49. The summed E-state index contributed by atoms with van der Waals surface area (Å²) in [6, 6.07) is 0. The Balaban J connectivity index is 3.67. The summed E-state index contributed by atoms with van der Waals surface area (Å²) in [6.45, 7) is 8.24. The van der Waals surface area contributed by atoms with Crippen LogP contribution in [-0.4, -0.2) is 10.7 Å². The van der Waals surface area contributed by atoms with Gasteiger partial charge in [0.1, 0.15) is 0 Å². The van der Waals surface area contributed by atoms with Crippen LogP contribution in [-0.2, 0) is 0 Å². The van der Waals surface area contributed by atoms with Crippen molar-refractivity contribution in [3.8, 4) is 0 Å². The molecular formula is C11H24O. The molecule has 1 unspecified atom stereocenters. The molecule has 1 heteroatoms. The lowest BCUT2D eigenvalue weighted by atomic mass is 9.88. The smallest absolute Gasteiger partial charge is 0.0594 e. The van der Waals surface area contributed by atoms with E-state index in [0.717, 1.165) is 6.42 Å². The lowest BCUT2D eigenvalue weighted by molar-refractivity contribution is 0.0499. The highest BCUT2D eigenvalue weighted by Crippen LogP contribution is 2.23. The van der Waals surface area contributed by atoms with Crippen LogP contribution in [0.25, 0.3) is 0 Å². The van der Waals surface area contributed by atoms with Crippen molar-refractivity contribution >= 4 is 0 Å². The Morgan fingerprint density at radius 1 is 1.25 bits per heavy atom. The Kier molecular flexibility index (Phi) is 5.56. The molecular weight excluding hydrogens is 148 g/mol. The molecule has 0 saturated carbocycles. The summed E-state index contributed by atoms with van der Waals surface area (Å²) in [5.74, 6) is 0.713. The molecule has 0 fully saturated rings. The van der Waals surface area contributed by atoms with E-state index in [2.05, 4.69) is 13.8 Å². The van der Waals surface area contributed by atoms with Gasteiger partial charge in [-0.3, -0.25) is 0 Å². The normalized spacial score (nSPS) is 14.8. The summed E-state index contributed by atoms with van der Waals surface area (Å²) in [5, 5.41) is 9.62. The summed E-state index contributed by atoms with van der Waals surface area (Å²) in [5.41, 5.74) is -0.478. The van der Waals surface area contributed by atoms with E-state index in [1.54, 1.807) is 0 Å². The molecule has 0 aromatic heterocycles. The summed E-state index contributed by atoms with van der Waals surface area (Å²) in [4.78, 5) is 0. The van der Waals surface area contributed by atoms with E-state index in [1.165, 1.54) is 25.7 Å². The maximum absolute atomic E-state index is 9.62. The van der Waals surface area contributed by atoms with Gasteiger partial charge in [-0.15, -0.1) is 0 Å². The van der Waals surface area contributed by atoms with Crippen LogP contribution in [0.1, 0.15) is 59.8 Å². The van der Waals surface area contributed by atoms with Crippen LogP contribution in [0.4, 0.5) is 0 Å². The van der Waals surface area contributed by atoms with Gasteiger partial charge in [0.2, 0.25) is 0 Å². The van der Waals surface area contributed by atoms with Gasteiger partial charge < -0.3 is 5.11 Å². The first kappa shape index (κ1) is 12.0. The SMILES string of the molecule is CCCCC(CC)CC(C)(C)O. The molecule has 1 N–H and O–H groups in total. The fraction of sp³-hybridized carbons (Fsp3) is 1.00. The van der Waals surface area contributed by atoms with Gasteiger partial charge in [-0.25, -0.2) is 0 Å². The summed E-state index contributed by atoms with van der Waals surface area (Å²) in [7, 11) is 0. The molecule has 0 heterocycles. The van der Waals surface area contributed by atoms with Crippen molar-refractivity contribution in [2.45, 2.75) is 65.4 Å². The van der Waals surface area contributed by atoms with E-state index >= 15 is 0 Å². The van der Waals surface area contributed by atoms with Crippen molar-refractivity contribution < 1.29 is 5.11 Å². The van der Waals surface area contributed by atoms with Crippen LogP contribution < -0.4 is 0 Å². The molecule has 0 saturated heterocycles. The minimum absolute atomic E-state index is 0.478. The van der Waals surface area contributed by atoms with E-state index in [-0.39, 0.29) is 0 Å². The van der Waals surface area contributed by atoms with Gasteiger partial charge in [0.05, 0.1) is 5.60 Å². The van der Waals surface area contributed by atoms with Crippen LogP contribution in [0.5, 0.6) is 0 Å². The van der Waals surface area contributed by atoms with E-state index < -0.39 is 5.60 Å². The molecule has 74 valence electrons. The summed E-state index contributed by atoms with van der Waals surface area (Å²) >= 11 is 0. The van der Waals surface area contributed by atoms with Crippen molar-refractivity contribution in [3.63, 3.8) is 0 Å². The number of hydrogen-bond acceptors (Lipinski definition) is 1. The van der Waals surface area contributed by atoms with Gasteiger partial charge in [-0.2, -0.15) is 0 Å². The molecule has 0 aliphatic carbocycles. The third kappa shape index (κ3) is 6.66. The minimum atomic E-state index is -0.478. The Morgan fingerprint density at radius 3 is 2.17 bits per heavy atom. The Labute approximate surface area is 77.2 Å². The average Bonchev–Trinajstić information content (AvgIpc) is 1.95. The standard InChI is InChI=1S/C11H24O/c1-5-7-8-10(6-2)9-11(3,4)12/h10,12H,5-9H2,1-4H3. The third-order valence-corrected chi connectivity index (χ3v) is 2.33. The second-order valence-electron chi connectivity index (χ2n) is 4.43.